The summed E-state index contributed by atoms with van der Waals surface area (Å²) in [5.74, 6) is 0. The van der Waals surface area contributed by atoms with Crippen LogP contribution in [0.15, 0.2) is 197 Å². The molecule has 0 spiro atoms. The third kappa shape index (κ3) is 4.70. The molecule has 56 heavy (non-hydrogen) atoms. The minimum atomic E-state index is 0.824. The number of benzene rings is 9. The number of hydrogen-bond donors (Lipinski definition) is 0. The van der Waals surface area contributed by atoms with E-state index < -0.39 is 0 Å². The minimum absolute atomic E-state index is 0.824. The first-order valence-corrected chi connectivity index (χ1v) is 19.7. The van der Waals surface area contributed by atoms with Crippen LogP contribution in [0.3, 0.4) is 0 Å². The summed E-state index contributed by atoms with van der Waals surface area (Å²) >= 11 is 1.84. The topological polar surface area (TPSA) is 29.5 Å². The summed E-state index contributed by atoms with van der Waals surface area (Å²) in [6, 6.07) is 67.1. The van der Waals surface area contributed by atoms with E-state index in [0.717, 1.165) is 77.6 Å². The highest BCUT2D eigenvalue weighted by Gasteiger charge is 2.26. The molecule has 4 heteroatoms. The van der Waals surface area contributed by atoms with Gasteiger partial charge in [-0.05, 0) is 76.0 Å². The van der Waals surface area contributed by atoms with Crippen LogP contribution < -0.4 is 4.90 Å². The molecule has 0 bridgehead atoms. The van der Waals surface area contributed by atoms with E-state index in [1.807, 2.05) is 23.5 Å². The Morgan fingerprint density at radius 1 is 0.393 bits per heavy atom. The van der Waals surface area contributed by atoms with E-state index in [4.69, 9.17) is 8.83 Å². The normalized spacial score (nSPS) is 11.9. The molecule has 0 N–H and O–H groups in total. The average Bonchev–Trinajstić information content (AvgIpc) is 3.95. The third-order valence-electron chi connectivity index (χ3n) is 11.2. The van der Waals surface area contributed by atoms with Crippen LogP contribution in [-0.4, -0.2) is 0 Å². The monoisotopic (exact) mass is 733 g/mol. The predicted molar refractivity (Wildman–Crippen MR) is 237 cm³/mol. The maximum Gasteiger partial charge on any atom is 0.159 e. The summed E-state index contributed by atoms with van der Waals surface area (Å²) in [5.41, 5.74) is 11.0. The van der Waals surface area contributed by atoms with Crippen molar-refractivity contribution in [2.24, 2.45) is 0 Å². The van der Waals surface area contributed by atoms with Crippen molar-refractivity contribution in [3.63, 3.8) is 0 Å². The number of fused-ring (bicyclic) bond motifs is 10. The van der Waals surface area contributed by atoms with Crippen LogP contribution in [0.25, 0.3) is 97.1 Å². The van der Waals surface area contributed by atoms with Crippen LogP contribution >= 0.6 is 11.3 Å². The summed E-state index contributed by atoms with van der Waals surface area (Å²) in [6.07, 6.45) is 0. The maximum absolute atomic E-state index is 7.34. The zero-order chi connectivity index (χ0) is 36.7. The van der Waals surface area contributed by atoms with Crippen molar-refractivity contribution in [2.75, 3.05) is 4.90 Å². The summed E-state index contributed by atoms with van der Waals surface area (Å²) < 4.78 is 16.5. The lowest BCUT2D eigenvalue weighted by Gasteiger charge is -2.26. The summed E-state index contributed by atoms with van der Waals surface area (Å²) in [6.45, 7) is 0. The number of nitrogens with zero attached hydrogens (tertiary/aromatic N) is 1. The fraction of sp³-hybridized carbons (Fsp3) is 0. The molecule has 0 unspecified atom stereocenters. The Bertz CT molecular complexity index is 3500. The van der Waals surface area contributed by atoms with Gasteiger partial charge < -0.3 is 13.7 Å². The van der Waals surface area contributed by atoms with E-state index in [9.17, 15) is 0 Å². The van der Waals surface area contributed by atoms with Gasteiger partial charge in [0.1, 0.15) is 16.7 Å². The van der Waals surface area contributed by atoms with Gasteiger partial charge in [0.05, 0.1) is 16.1 Å². The SMILES string of the molecule is c1ccc(-c2cccc(N(c3cccc4c3oc3c(-c5ccc6ccccc6c5)c5c(cc34)oc3ccccc35)c3cccc4c3sc3ccccc34)c2)cc1. The number of rotatable bonds is 5. The standard InChI is InChI=1S/C52H31NO2S/c1-2-13-32(14-3-1)35-17-10-18-37(30-35)53(44-24-12-22-40-38-19-7-9-26-47(38)56-52(40)44)43-23-11-21-39-42-31-46-49(41-20-6-8-25-45(41)54-46)48(51(42)55-50(39)43)36-28-27-33-15-4-5-16-34(33)29-36/h1-31H. The average molecular weight is 734 g/mol. The van der Waals surface area contributed by atoms with Crippen molar-refractivity contribution in [1.29, 1.82) is 0 Å². The lowest BCUT2D eigenvalue weighted by atomic mass is 9.95. The molecule has 0 saturated carbocycles. The van der Waals surface area contributed by atoms with Gasteiger partial charge in [-0.25, -0.2) is 0 Å². The lowest BCUT2D eigenvalue weighted by molar-refractivity contribution is 0.665. The molecule has 0 aliphatic rings. The second-order valence-corrected chi connectivity index (χ2v) is 15.5. The number of para-hydroxylation sites is 2. The van der Waals surface area contributed by atoms with Gasteiger partial charge in [-0.1, -0.05) is 140 Å². The molecule has 0 atom stereocenters. The highest BCUT2D eigenvalue weighted by atomic mass is 32.1. The summed E-state index contributed by atoms with van der Waals surface area (Å²) in [5, 5.41) is 9.09. The van der Waals surface area contributed by atoms with E-state index in [0.29, 0.717) is 0 Å². The Labute approximate surface area is 325 Å². The van der Waals surface area contributed by atoms with Crippen molar-refractivity contribution < 1.29 is 8.83 Å². The van der Waals surface area contributed by atoms with Crippen molar-refractivity contribution in [1.82, 2.24) is 0 Å². The predicted octanol–water partition coefficient (Wildman–Crippen LogP) is 15.8. The summed E-state index contributed by atoms with van der Waals surface area (Å²) in [4.78, 5) is 2.39. The van der Waals surface area contributed by atoms with Gasteiger partial charge in [0.25, 0.3) is 0 Å². The van der Waals surface area contributed by atoms with Gasteiger partial charge in [-0.2, -0.15) is 0 Å². The van der Waals surface area contributed by atoms with Crippen LogP contribution in [0.2, 0.25) is 0 Å². The molecule has 3 nitrogen and oxygen atoms in total. The van der Waals surface area contributed by atoms with Crippen molar-refractivity contribution in [3.05, 3.63) is 188 Å². The molecule has 3 heterocycles. The fourth-order valence-electron chi connectivity index (χ4n) is 8.69. The van der Waals surface area contributed by atoms with E-state index in [2.05, 4.69) is 181 Å². The Balaban J connectivity index is 1.18. The van der Waals surface area contributed by atoms with Crippen LogP contribution in [0, 0.1) is 0 Å². The first kappa shape index (κ1) is 31.2. The zero-order valence-corrected chi connectivity index (χ0v) is 30.9. The highest BCUT2D eigenvalue weighted by Crippen LogP contribution is 2.50. The van der Waals surface area contributed by atoms with Crippen LogP contribution in [0.5, 0.6) is 0 Å². The molecule has 262 valence electrons. The van der Waals surface area contributed by atoms with E-state index in [-0.39, 0.29) is 0 Å². The molecule has 0 fully saturated rings. The molecule has 9 aromatic carbocycles. The molecule has 0 aliphatic carbocycles. The molecule has 3 aromatic heterocycles. The maximum atomic E-state index is 7.34. The van der Waals surface area contributed by atoms with Gasteiger partial charge in [-0.15, -0.1) is 11.3 Å². The largest absolute Gasteiger partial charge is 0.456 e. The Kier molecular flexibility index (Phi) is 6.80. The Morgan fingerprint density at radius 3 is 2.02 bits per heavy atom. The highest BCUT2D eigenvalue weighted by molar-refractivity contribution is 7.26. The minimum Gasteiger partial charge on any atom is -0.456 e. The lowest BCUT2D eigenvalue weighted by Crippen LogP contribution is -2.10. The Morgan fingerprint density at radius 2 is 1.11 bits per heavy atom. The van der Waals surface area contributed by atoms with Gasteiger partial charge in [0.2, 0.25) is 0 Å². The molecule has 0 amide bonds. The molecule has 0 radical (unpaired) electrons. The molecule has 12 rings (SSSR count). The van der Waals surface area contributed by atoms with E-state index in [1.165, 1.54) is 36.5 Å². The van der Waals surface area contributed by atoms with Gasteiger partial charge in [0, 0.05) is 48.3 Å². The van der Waals surface area contributed by atoms with Gasteiger partial charge >= 0.3 is 0 Å². The first-order valence-electron chi connectivity index (χ1n) is 18.9. The van der Waals surface area contributed by atoms with Crippen LogP contribution in [-0.2, 0) is 0 Å². The zero-order valence-electron chi connectivity index (χ0n) is 30.1. The molecular formula is C52H31NO2S. The fourth-order valence-corrected chi connectivity index (χ4v) is 9.90. The second-order valence-electron chi connectivity index (χ2n) is 14.4. The number of anilines is 3. The van der Waals surface area contributed by atoms with E-state index >= 15 is 0 Å². The number of furan rings is 2. The van der Waals surface area contributed by atoms with Gasteiger partial charge in [-0.3, -0.25) is 0 Å². The molecule has 12 aromatic rings. The van der Waals surface area contributed by atoms with Crippen molar-refractivity contribution in [2.45, 2.75) is 0 Å². The van der Waals surface area contributed by atoms with Gasteiger partial charge in [0.15, 0.2) is 5.58 Å². The molecular weight excluding hydrogens is 703 g/mol. The van der Waals surface area contributed by atoms with E-state index in [1.54, 1.807) is 0 Å². The number of hydrogen-bond acceptors (Lipinski definition) is 4. The summed E-state index contributed by atoms with van der Waals surface area (Å²) in [7, 11) is 0. The molecule has 0 saturated heterocycles. The first-order chi connectivity index (χ1) is 27.8. The number of thiophene rings is 1. The third-order valence-corrected chi connectivity index (χ3v) is 12.4. The van der Waals surface area contributed by atoms with Crippen molar-refractivity contribution in [3.8, 4) is 22.3 Å². The van der Waals surface area contributed by atoms with Crippen LogP contribution in [0.1, 0.15) is 0 Å². The smallest absolute Gasteiger partial charge is 0.159 e. The van der Waals surface area contributed by atoms with Crippen molar-refractivity contribution >= 4 is 103 Å². The Hall–Kier alpha value is -7.14. The van der Waals surface area contributed by atoms with Crippen LogP contribution in [0.4, 0.5) is 17.1 Å². The quantitative estimate of drug-likeness (QED) is 0.176. The molecule has 0 aliphatic heterocycles. The second kappa shape index (κ2) is 12.2.